The highest BCUT2D eigenvalue weighted by Gasteiger charge is 2.18. The Morgan fingerprint density at radius 1 is 1.21 bits per heavy atom. The number of ether oxygens (including phenoxy) is 2. The van der Waals surface area contributed by atoms with Crippen LogP contribution in [0.1, 0.15) is 6.92 Å². The van der Waals surface area contributed by atoms with Gasteiger partial charge in [-0.05, 0) is 6.92 Å². The Bertz CT molecular complexity index is 264. The first-order valence-corrected chi connectivity index (χ1v) is 7.16. The lowest BCUT2D eigenvalue weighted by Crippen LogP contribution is -2.25. The number of phosphoric ester groups is 1. The molecule has 0 heterocycles. The Balaban J connectivity index is 0. The van der Waals surface area contributed by atoms with Crippen LogP contribution in [0.4, 0.5) is 0 Å². The number of phosphoric acid groups is 1. The Kier molecular flexibility index (Phi) is 15.2. The highest BCUT2D eigenvalue weighted by Crippen LogP contribution is 2.35. The normalized spacial score (nSPS) is 12.2. The Morgan fingerprint density at radius 3 is 2.16 bits per heavy atom. The summed E-state index contributed by atoms with van der Waals surface area (Å²) in [4.78, 5) is 17.0. The summed E-state index contributed by atoms with van der Waals surface area (Å²) in [6.07, 6.45) is 2.54. The predicted octanol–water partition coefficient (Wildman–Crippen LogP) is 0.868. The molecule has 19 heavy (non-hydrogen) atoms. The molecule has 0 spiro atoms. The molecule has 3 N–H and O–H groups in total. The van der Waals surface area contributed by atoms with Crippen molar-refractivity contribution in [2.45, 2.75) is 13.0 Å². The molecule has 0 amide bonds. The molecular formula is C11H23O7P. The molecule has 0 radical (unpaired) electrons. The van der Waals surface area contributed by atoms with Crippen LogP contribution < -0.4 is 0 Å². The number of aliphatic hydroxyl groups excluding tert-OH is 1. The average Bonchev–Trinajstić information content (AvgIpc) is 2.32. The van der Waals surface area contributed by atoms with E-state index in [-0.39, 0.29) is 26.4 Å². The van der Waals surface area contributed by atoms with Crippen LogP contribution in [0.2, 0.25) is 0 Å². The Labute approximate surface area is 113 Å². The van der Waals surface area contributed by atoms with Crippen LogP contribution in [0.5, 0.6) is 0 Å². The molecule has 114 valence electrons. The van der Waals surface area contributed by atoms with Crippen LogP contribution >= 0.6 is 7.82 Å². The second kappa shape index (κ2) is 13.9. The third-order valence-corrected chi connectivity index (χ3v) is 1.90. The largest absolute Gasteiger partial charge is 0.469 e. The minimum absolute atomic E-state index is 0.167. The smallest absolute Gasteiger partial charge is 0.397 e. The first kappa shape index (κ1) is 20.8. The maximum Gasteiger partial charge on any atom is 0.469 e. The highest BCUT2D eigenvalue weighted by molar-refractivity contribution is 7.46. The van der Waals surface area contributed by atoms with Crippen LogP contribution in [-0.2, 0) is 18.6 Å². The van der Waals surface area contributed by atoms with E-state index in [0.29, 0.717) is 6.61 Å². The van der Waals surface area contributed by atoms with Crippen LogP contribution in [0.15, 0.2) is 25.3 Å². The van der Waals surface area contributed by atoms with Gasteiger partial charge in [0.05, 0.1) is 26.4 Å². The zero-order chi connectivity index (χ0) is 15.1. The number of hydrogen-bond donors (Lipinski definition) is 3. The molecule has 1 atom stereocenters. The lowest BCUT2D eigenvalue weighted by atomic mass is 10.4. The monoisotopic (exact) mass is 298 g/mol. The lowest BCUT2D eigenvalue weighted by molar-refractivity contribution is -0.0263. The molecule has 0 aliphatic carbocycles. The highest BCUT2D eigenvalue weighted by atomic mass is 31.2. The van der Waals surface area contributed by atoms with Crippen molar-refractivity contribution in [2.24, 2.45) is 0 Å². The number of rotatable bonds is 10. The van der Waals surface area contributed by atoms with Crippen molar-refractivity contribution in [3.63, 3.8) is 0 Å². The fourth-order valence-corrected chi connectivity index (χ4v) is 1.17. The number of hydrogen-bond acceptors (Lipinski definition) is 5. The van der Waals surface area contributed by atoms with Gasteiger partial charge < -0.3 is 24.4 Å². The van der Waals surface area contributed by atoms with Crippen LogP contribution in [-0.4, -0.2) is 54.0 Å². The van der Waals surface area contributed by atoms with E-state index in [1.807, 2.05) is 0 Å². The first-order chi connectivity index (χ1) is 8.91. The SMILES string of the molecule is C=CCOCC(COP(=O)(O)O)OCC=C.CCO. The maximum atomic E-state index is 10.5. The molecule has 0 saturated heterocycles. The minimum Gasteiger partial charge on any atom is -0.397 e. The van der Waals surface area contributed by atoms with Gasteiger partial charge in [0, 0.05) is 6.61 Å². The summed E-state index contributed by atoms with van der Waals surface area (Å²) in [7, 11) is -4.47. The van der Waals surface area contributed by atoms with E-state index < -0.39 is 13.9 Å². The molecular weight excluding hydrogens is 275 g/mol. The summed E-state index contributed by atoms with van der Waals surface area (Å²) in [5.74, 6) is 0. The van der Waals surface area contributed by atoms with E-state index >= 15 is 0 Å². The van der Waals surface area contributed by atoms with Gasteiger partial charge in [-0.25, -0.2) is 4.57 Å². The molecule has 8 heteroatoms. The Hall–Kier alpha value is -0.530. The van der Waals surface area contributed by atoms with E-state index in [1.165, 1.54) is 6.08 Å². The molecule has 0 aliphatic heterocycles. The number of aliphatic hydroxyl groups is 1. The summed E-state index contributed by atoms with van der Waals surface area (Å²) in [5, 5.41) is 7.57. The molecule has 0 aromatic rings. The van der Waals surface area contributed by atoms with Gasteiger partial charge in [-0.2, -0.15) is 0 Å². The molecule has 0 aromatic heterocycles. The third kappa shape index (κ3) is 20.0. The fourth-order valence-electron chi connectivity index (χ4n) is 0.812. The second-order valence-corrected chi connectivity index (χ2v) is 4.41. The van der Waals surface area contributed by atoms with Crippen molar-refractivity contribution < 1.29 is 33.5 Å². The van der Waals surface area contributed by atoms with Gasteiger partial charge in [0.15, 0.2) is 0 Å². The van der Waals surface area contributed by atoms with Gasteiger partial charge in [0.25, 0.3) is 0 Å². The zero-order valence-corrected chi connectivity index (χ0v) is 12.0. The molecule has 0 aromatic carbocycles. The third-order valence-electron chi connectivity index (χ3n) is 1.42. The van der Waals surface area contributed by atoms with Crippen molar-refractivity contribution >= 4 is 7.82 Å². The lowest BCUT2D eigenvalue weighted by Gasteiger charge is -2.17. The van der Waals surface area contributed by atoms with Crippen molar-refractivity contribution in [3.05, 3.63) is 25.3 Å². The van der Waals surface area contributed by atoms with Crippen LogP contribution in [0.25, 0.3) is 0 Å². The van der Waals surface area contributed by atoms with Gasteiger partial charge in [-0.3, -0.25) is 4.52 Å². The minimum atomic E-state index is -4.47. The van der Waals surface area contributed by atoms with Crippen LogP contribution in [0, 0.1) is 0 Å². The average molecular weight is 298 g/mol. The zero-order valence-electron chi connectivity index (χ0n) is 11.1. The van der Waals surface area contributed by atoms with Crippen molar-refractivity contribution in [1.82, 2.24) is 0 Å². The quantitative estimate of drug-likeness (QED) is 0.312. The van der Waals surface area contributed by atoms with Crippen LogP contribution in [0.3, 0.4) is 0 Å². The second-order valence-electron chi connectivity index (χ2n) is 3.17. The van der Waals surface area contributed by atoms with E-state index in [2.05, 4.69) is 17.7 Å². The topological polar surface area (TPSA) is 105 Å². The van der Waals surface area contributed by atoms with Crippen molar-refractivity contribution in [2.75, 3.05) is 33.0 Å². The summed E-state index contributed by atoms with van der Waals surface area (Å²) >= 11 is 0. The molecule has 0 saturated carbocycles. The van der Waals surface area contributed by atoms with E-state index in [1.54, 1.807) is 13.0 Å². The molecule has 1 unspecified atom stereocenters. The standard InChI is InChI=1S/C9H17O6P.C2H6O/c1-3-5-13-7-9(14-6-4-2)8-15-16(10,11)12;1-2-3/h3-4,9H,1-2,5-8H2,(H2,10,11,12);3H,2H2,1H3. The van der Waals surface area contributed by atoms with E-state index in [9.17, 15) is 4.57 Å². The summed E-state index contributed by atoms with van der Waals surface area (Å²) in [5.41, 5.74) is 0. The summed E-state index contributed by atoms with van der Waals surface area (Å²) in [6.45, 7) is 9.38. The molecule has 0 rings (SSSR count). The predicted molar refractivity (Wildman–Crippen MR) is 71.7 cm³/mol. The van der Waals surface area contributed by atoms with E-state index in [0.717, 1.165) is 0 Å². The molecule has 7 nitrogen and oxygen atoms in total. The molecule has 0 bridgehead atoms. The van der Waals surface area contributed by atoms with Crippen molar-refractivity contribution in [1.29, 1.82) is 0 Å². The van der Waals surface area contributed by atoms with E-state index in [4.69, 9.17) is 24.4 Å². The van der Waals surface area contributed by atoms with Crippen molar-refractivity contribution in [3.8, 4) is 0 Å². The summed E-state index contributed by atoms with van der Waals surface area (Å²) < 4.78 is 25.1. The van der Waals surface area contributed by atoms with Gasteiger partial charge >= 0.3 is 7.82 Å². The van der Waals surface area contributed by atoms with Gasteiger partial charge in [-0.15, -0.1) is 13.2 Å². The Morgan fingerprint density at radius 2 is 1.74 bits per heavy atom. The first-order valence-electron chi connectivity index (χ1n) is 5.63. The maximum absolute atomic E-state index is 10.5. The molecule has 0 aliphatic rings. The van der Waals surface area contributed by atoms with Gasteiger partial charge in [-0.1, -0.05) is 12.2 Å². The molecule has 0 fully saturated rings. The fraction of sp³-hybridized carbons (Fsp3) is 0.636. The summed E-state index contributed by atoms with van der Waals surface area (Å²) in [6, 6.07) is 0. The van der Waals surface area contributed by atoms with Gasteiger partial charge in [0.2, 0.25) is 0 Å². The van der Waals surface area contributed by atoms with Gasteiger partial charge in [0.1, 0.15) is 6.10 Å².